The van der Waals surface area contributed by atoms with Crippen molar-refractivity contribution in [2.75, 3.05) is 20.2 Å². The Balaban J connectivity index is 2.35. The van der Waals surface area contributed by atoms with E-state index in [9.17, 15) is 4.79 Å². The number of ether oxygens (including phenoxy) is 1. The molecule has 1 amide bonds. The number of benzene rings is 1. The molecule has 1 aromatic carbocycles. The van der Waals surface area contributed by atoms with Crippen LogP contribution in [0.3, 0.4) is 0 Å². The van der Waals surface area contributed by atoms with Crippen molar-refractivity contribution in [3.63, 3.8) is 0 Å². The summed E-state index contributed by atoms with van der Waals surface area (Å²) in [4.78, 5) is 13.2. The summed E-state index contributed by atoms with van der Waals surface area (Å²) in [6.07, 6.45) is 0.785. The van der Waals surface area contributed by atoms with E-state index in [4.69, 9.17) is 16.3 Å². The maximum Gasteiger partial charge on any atom is 0.240 e. The number of amides is 1. The van der Waals surface area contributed by atoms with Crippen molar-refractivity contribution < 1.29 is 9.53 Å². The van der Waals surface area contributed by atoms with Gasteiger partial charge in [-0.15, -0.1) is 11.6 Å². The van der Waals surface area contributed by atoms with Crippen LogP contribution in [0, 0.1) is 0 Å². The van der Waals surface area contributed by atoms with Crippen LogP contribution >= 0.6 is 11.6 Å². The van der Waals surface area contributed by atoms with Crippen molar-refractivity contribution in [3.8, 4) is 5.75 Å². The van der Waals surface area contributed by atoms with E-state index in [1.54, 1.807) is 18.9 Å². The predicted molar refractivity (Wildman–Crippen MR) is 88.2 cm³/mol. The number of carbonyl (C=O) groups is 1. The molecule has 0 fully saturated rings. The Labute approximate surface area is 133 Å². The first-order chi connectivity index (χ1) is 9.71. The summed E-state index contributed by atoms with van der Waals surface area (Å²) >= 11 is 5.76. The van der Waals surface area contributed by atoms with Crippen molar-refractivity contribution in [2.45, 2.75) is 44.9 Å². The summed E-state index contributed by atoms with van der Waals surface area (Å²) in [6.45, 7) is 9.49. The lowest BCUT2D eigenvalue weighted by Gasteiger charge is -2.20. The SMILES string of the molecule is CC(Cl)C(=O)N(C)CCCOc1ccc(C(C)(C)C)cc1. The second kappa shape index (κ2) is 7.69. The summed E-state index contributed by atoms with van der Waals surface area (Å²) in [7, 11) is 1.76. The first-order valence-corrected chi connectivity index (χ1v) is 7.78. The number of hydrogen-bond donors (Lipinski definition) is 0. The van der Waals surface area contributed by atoms with Gasteiger partial charge in [0, 0.05) is 13.6 Å². The van der Waals surface area contributed by atoms with Crippen LogP contribution in [0.2, 0.25) is 0 Å². The van der Waals surface area contributed by atoms with Crippen LogP contribution in [0.1, 0.15) is 39.7 Å². The number of hydrogen-bond acceptors (Lipinski definition) is 2. The molecule has 0 spiro atoms. The Morgan fingerprint density at radius 3 is 2.33 bits per heavy atom. The summed E-state index contributed by atoms with van der Waals surface area (Å²) in [5.74, 6) is 0.814. The molecule has 21 heavy (non-hydrogen) atoms. The second-order valence-corrected chi connectivity index (χ2v) is 7.01. The first-order valence-electron chi connectivity index (χ1n) is 7.34. The minimum atomic E-state index is -0.471. The van der Waals surface area contributed by atoms with Crippen molar-refractivity contribution in [3.05, 3.63) is 29.8 Å². The minimum Gasteiger partial charge on any atom is -0.494 e. The van der Waals surface area contributed by atoms with Crippen molar-refractivity contribution in [2.24, 2.45) is 0 Å². The highest BCUT2D eigenvalue weighted by atomic mass is 35.5. The normalized spacial score (nSPS) is 12.9. The number of halogens is 1. The lowest BCUT2D eigenvalue weighted by atomic mass is 9.87. The van der Waals surface area contributed by atoms with E-state index in [1.807, 2.05) is 12.1 Å². The van der Waals surface area contributed by atoms with Crippen LogP contribution < -0.4 is 4.74 Å². The molecule has 1 rings (SSSR count). The quantitative estimate of drug-likeness (QED) is 0.590. The Bertz CT molecular complexity index is 449. The van der Waals surface area contributed by atoms with Crippen LogP contribution in [0.4, 0.5) is 0 Å². The van der Waals surface area contributed by atoms with E-state index in [-0.39, 0.29) is 11.3 Å². The molecule has 0 aromatic heterocycles. The Morgan fingerprint density at radius 1 is 1.29 bits per heavy atom. The molecule has 0 saturated heterocycles. The summed E-state index contributed by atoms with van der Waals surface area (Å²) < 4.78 is 5.69. The molecule has 1 atom stereocenters. The first kappa shape index (κ1) is 17.8. The molecule has 0 aliphatic rings. The van der Waals surface area contributed by atoms with Gasteiger partial charge in [-0.05, 0) is 36.5 Å². The molecule has 3 nitrogen and oxygen atoms in total. The van der Waals surface area contributed by atoms with Gasteiger partial charge < -0.3 is 9.64 Å². The number of rotatable bonds is 6. The fourth-order valence-electron chi connectivity index (χ4n) is 1.96. The van der Waals surface area contributed by atoms with Gasteiger partial charge in [0.1, 0.15) is 11.1 Å². The highest BCUT2D eigenvalue weighted by Crippen LogP contribution is 2.24. The standard InChI is InChI=1S/C17H26ClNO2/c1-13(18)16(20)19(5)11-6-12-21-15-9-7-14(8-10-15)17(2,3)4/h7-10,13H,6,11-12H2,1-5H3. The average Bonchev–Trinajstić information content (AvgIpc) is 2.42. The van der Waals surface area contributed by atoms with E-state index in [0.717, 1.165) is 12.2 Å². The smallest absolute Gasteiger partial charge is 0.240 e. The van der Waals surface area contributed by atoms with Gasteiger partial charge in [0.25, 0.3) is 0 Å². The van der Waals surface area contributed by atoms with Crippen molar-refractivity contribution in [1.82, 2.24) is 4.90 Å². The molecule has 0 aliphatic carbocycles. The molecule has 0 aliphatic heterocycles. The molecule has 0 N–H and O–H groups in total. The average molecular weight is 312 g/mol. The number of carbonyl (C=O) groups excluding carboxylic acids is 1. The molecular formula is C17H26ClNO2. The van der Waals surface area contributed by atoms with E-state index < -0.39 is 5.38 Å². The number of alkyl halides is 1. The monoisotopic (exact) mass is 311 g/mol. The summed E-state index contributed by atoms with van der Waals surface area (Å²) in [5, 5.41) is -0.471. The zero-order valence-electron chi connectivity index (χ0n) is 13.6. The van der Waals surface area contributed by atoms with Crippen molar-refractivity contribution >= 4 is 17.5 Å². The Kier molecular flexibility index (Phi) is 6.53. The maximum absolute atomic E-state index is 11.6. The van der Waals surface area contributed by atoms with Gasteiger partial charge >= 0.3 is 0 Å². The Hall–Kier alpha value is -1.22. The second-order valence-electron chi connectivity index (χ2n) is 6.35. The molecule has 1 unspecified atom stereocenters. The summed E-state index contributed by atoms with van der Waals surface area (Å²) in [5.41, 5.74) is 1.44. The minimum absolute atomic E-state index is 0.0498. The van der Waals surface area contributed by atoms with E-state index >= 15 is 0 Å². The van der Waals surface area contributed by atoms with Crippen LogP contribution in [-0.4, -0.2) is 36.4 Å². The van der Waals surface area contributed by atoms with Gasteiger partial charge in [-0.1, -0.05) is 32.9 Å². The van der Waals surface area contributed by atoms with Gasteiger partial charge in [-0.3, -0.25) is 4.79 Å². The van der Waals surface area contributed by atoms with Crippen LogP contribution in [0.25, 0.3) is 0 Å². The molecule has 118 valence electrons. The van der Waals surface area contributed by atoms with E-state index in [1.165, 1.54) is 5.56 Å². The maximum atomic E-state index is 11.6. The van der Waals surface area contributed by atoms with Gasteiger partial charge in [-0.25, -0.2) is 0 Å². The Morgan fingerprint density at radius 2 is 1.86 bits per heavy atom. The zero-order chi connectivity index (χ0) is 16.0. The van der Waals surface area contributed by atoms with Crippen molar-refractivity contribution in [1.29, 1.82) is 0 Å². The van der Waals surface area contributed by atoms with Gasteiger partial charge in [-0.2, -0.15) is 0 Å². The highest BCUT2D eigenvalue weighted by Gasteiger charge is 2.14. The van der Waals surface area contributed by atoms with Crippen LogP contribution in [0.5, 0.6) is 5.75 Å². The lowest BCUT2D eigenvalue weighted by molar-refractivity contribution is -0.129. The van der Waals surface area contributed by atoms with Gasteiger partial charge in [0.15, 0.2) is 0 Å². The third-order valence-electron chi connectivity index (χ3n) is 3.34. The zero-order valence-corrected chi connectivity index (χ0v) is 14.4. The molecule has 1 aromatic rings. The number of nitrogens with zero attached hydrogens (tertiary/aromatic N) is 1. The lowest BCUT2D eigenvalue weighted by Crippen LogP contribution is -2.33. The highest BCUT2D eigenvalue weighted by molar-refractivity contribution is 6.30. The van der Waals surface area contributed by atoms with E-state index in [0.29, 0.717) is 13.2 Å². The topological polar surface area (TPSA) is 29.5 Å². The molecule has 0 heterocycles. The van der Waals surface area contributed by atoms with Crippen LogP contribution in [0.15, 0.2) is 24.3 Å². The summed E-state index contributed by atoms with van der Waals surface area (Å²) in [6, 6.07) is 8.19. The van der Waals surface area contributed by atoms with Gasteiger partial charge in [0.2, 0.25) is 5.91 Å². The molecule has 0 saturated carbocycles. The van der Waals surface area contributed by atoms with E-state index in [2.05, 4.69) is 32.9 Å². The molecule has 0 bridgehead atoms. The fraction of sp³-hybridized carbons (Fsp3) is 0.588. The van der Waals surface area contributed by atoms with Crippen LogP contribution in [-0.2, 0) is 10.2 Å². The molecule has 0 radical (unpaired) electrons. The van der Waals surface area contributed by atoms with Gasteiger partial charge in [0.05, 0.1) is 6.61 Å². The predicted octanol–water partition coefficient (Wildman–Crippen LogP) is 3.84. The molecular weight excluding hydrogens is 286 g/mol. The molecule has 4 heteroatoms. The third-order valence-corrected chi connectivity index (χ3v) is 3.53. The third kappa shape index (κ3) is 5.96. The largest absolute Gasteiger partial charge is 0.494 e. The fourth-order valence-corrected chi connectivity index (χ4v) is 2.12.